The maximum atomic E-state index is 12.8. The molecular formula is C16H29ClN2O. The zero-order valence-electron chi connectivity index (χ0n) is 12.6. The molecule has 3 fully saturated rings. The van der Waals surface area contributed by atoms with Gasteiger partial charge in [-0.15, -0.1) is 12.4 Å². The molecule has 2 N–H and O–H groups in total. The standard InChI is InChI=1S/C16H28N2O.ClH/c1-16(17)9-5-4-8-14(16)15(19)18-10-12-6-2-3-7-13(12)11-18;/h12-14H,2-11,17H2,1H3;1H. The molecular weight excluding hydrogens is 272 g/mol. The van der Waals surface area contributed by atoms with Gasteiger partial charge in [0.2, 0.25) is 5.91 Å². The van der Waals surface area contributed by atoms with E-state index in [1.807, 2.05) is 0 Å². The number of hydrogen-bond donors (Lipinski definition) is 1. The van der Waals surface area contributed by atoms with E-state index in [9.17, 15) is 4.79 Å². The van der Waals surface area contributed by atoms with Gasteiger partial charge >= 0.3 is 0 Å². The number of rotatable bonds is 1. The van der Waals surface area contributed by atoms with Crippen molar-refractivity contribution in [1.29, 1.82) is 0 Å². The predicted molar refractivity (Wildman–Crippen MR) is 83.8 cm³/mol. The van der Waals surface area contributed by atoms with E-state index < -0.39 is 0 Å². The van der Waals surface area contributed by atoms with Crippen molar-refractivity contribution in [1.82, 2.24) is 4.90 Å². The molecule has 0 bridgehead atoms. The molecule has 1 amide bonds. The van der Waals surface area contributed by atoms with Crippen molar-refractivity contribution in [3.8, 4) is 0 Å². The molecule has 0 aromatic rings. The molecule has 4 unspecified atom stereocenters. The maximum Gasteiger partial charge on any atom is 0.227 e. The molecule has 1 aliphatic heterocycles. The lowest BCUT2D eigenvalue weighted by atomic mass is 9.74. The van der Waals surface area contributed by atoms with E-state index in [1.54, 1.807) is 0 Å². The predicted octanol–water partition coefficient (Wildman–Crippen LogP) is 2.96. The number of carbonyl (C=O) groups excluding carboxylic acids is 1. The Balaban J connectivity index is 0.00000147. The van der Waals surface area contributed by atoms with E-state index in [4.69, 9.17) is 5.73 Å². The minimum Gasteiger partial charge on any atom is -0.342 e. The number of likely N-dealkylation sites (tertiary alicyclic amines) is 1. The highest BCUT2D eigenvalue weighted by Gasteiger charge is 2.43. The number of halogens is 1. The van der Waals surface area contributed by atoms with Crippen molar-refractivity contribution >= 4 is 18.3 Å². The van der Waals surface area contributed by atoms with E-state index in [2.05, 4.69) is 11.8 Å². The molecule has 1 saturated heterocycles. The Kier molecular flexibility index (Phi) is 5.01. The van der Waals surface area contributed by atoms with Gasteiger partial charge in [0.15, 0.2) is 0 Å². The van der Waals surface area contributed by atoms with Crippen LogP contribution in [0.15, 0.2) is 0 Å². The van der Waals surface area contributed by atoms with E-state index >= 15 is 0 Å². The van der Waals surface area contributed by atoms with Crippen LogP contribution in [-0.2, 0) is 4.79 Å². The van der Waals surface area contributed by atoms with Crippen molar-refractivity contribution < 1.29 is 4.79 Å². The number of nitrogens with two attached hydrogens (primary N) is 1. The van der Waals surface area contributed by atoms with Crippen molar-refractivity contribution in [2.75, 3.05) is 13.1 Å². The zero-order chi connectivity index (χ0) is 13.5. The van der Waals surface area contributed by atoms with Gasteiger partial charge in [-0.1, -0.05) is 25.7 Å². The lowest BCUT2D eigenvalue weighted by Gasteiger charge is -2.39. The van der Waals surface area contributed by atoms with Gasteiger partial charge in [0.1, 0.15) is 0 Å². The maximum absolute atomic E-state index is 12.8. The van der Waals surface area contributed by atoms with Crippen molar-refractivity contribution in [3.05, 3.63) is 0 Å². The van der Waals surface area contributed by atoms with E-state index in [0.717, 1.165) is 37.8 Å². The lowest BCUT2D eigenvalue weighted by Crippen LogP contribution is -2.53. The summed E-state index contributed by atoms with van der Waals surface area (Å²) in [5.41, 5.74) is 6.12. The van der Waals surface area contributed by atoms with Gasteiger partial charge in [-0.05, 0) is 44.4 Å². The summed E-state index contributed by atoms with van der Waals surface area (Å²) in [5.74, 6) is 2.00. The highest BCUT2D eigenvalue weighted by Crippen LogP contribution is 2.39. The molecule has 2 saturated carbocycles. The third-order valence-corrected chi connectivity index (χ3v) is 5.84. The molecule has 4 atom stereocenters. The molecule has 20 heavy (non-hydrogen) atoms. The normalized spacial score (nSPS) is 40.9. The van der Waals surface area contributed by atoms with Gasteiger partial charge < -0.3 is 10.6 Å². The second-order valence-corrected chi connectivity index (χ2v) is 7.35. The summed E-state index contributed by atoms with van der Waals surface area (Å²) >= 11 is 0. The molecule has 4 heteroatoms. The van der Waals surface area contributed by atoms with Gasteiger partial charge in [-0.3, -0.25) is 4.79 Å². The minimum absolute atomic E-state index is 0. The Morgan fingerprint density at radius 1 is 1.05 bits per heavy atom. The first-order valence-corrected chi connectivity index (χ1v) is 8.15. The summed E-state index contributed by atoms with van der Waals surface area (Å²) in [7, 11) is 0. The van der Waals surface area contributed by atoms with Gasteiger partial charge in [0.05, 0.1) is 5.92 Å². The fraction of sp³-hybridized carbons (Fsp3) is 0.938. The zero-order valence-corrected chi connectivity index (χ0v) is 13.5. The Labute approximate surface area is 129 Å². The molecule has 2 aliphatic carbocycles. The van der Waals surface area contributed by atoms with Crippen LogP contribution >= 0.6 is 12.4 Å². The monoisotopic (exact) mass is 300 g/mol. The van der Waals surface area contributed by atoms with E-state index in [0.29, 0.717) is 5.91 Å². The van der Waals surface area contributed by atoms with Crippen molar-refractivity contribution in [2.24, 2.45) is 23.5 Å². The summed E-state index contributed by atoms with van der Waals surface area (Å²) in [6.45, 7) is 4.10. The molecule has 3 aliphatic rings. The van der Waals surface area contributed by atoms with Crippen LogP contribution in [0.1, 0.15) is 58.3 Å². The first-order valence-electron chi connectivity index (χ1n) is 8.15. The highest BCUT2D eigenvalue weighted by molar-refractivity contribution is 5.85. The van der Waals surface area contributed by atoms with Crippen LogP contribution in [0.25, 0.3) is 0 Å². The van der Waals surface area contributed by atoms with Gasteiger partial charge in [0, 0.05) is 18.6 Å². The van der Waals surface area contributed by atoms with Crippen LogP contribution in [0.5, 0.6) is 0 Å². The molecule has 0 aromatic carbocycles. The average molecular weight is 301 g/mol. The lowest BCUT2D eigenvalue weighted by molar-refractivity contribution is -0.138. The van der Waals surface area contributed by atoms with Crippen LogP contribution in [0.4, 0.5) is 0 Å². The first-order chi connectivity index (χ1) is 9.08. The number of nitrogens with zero attached hydrogens (tertiary/aromatic N) is 1. The topological polar surface area (TPSA) is 46.3 Å². The summed E-state index contributed by atoms with van der Waals surface area (Å²) in [5, 5.41) is 0. The summed E-state index contributed by atoms with van der Waals surface area (Å²) in [6.07, 6.45) is 9.74. The Morgan fingerprint density at radius 3 is 2.15 bits per heavy atom. The summed E-state index contributed by atoms with van der Waals surface area (Å²) in [6, 6.07) is 0. The Hall–Kier alpha value is -0.280. The smallest absolute Gasteiger partial charge is 0.227 e. The SMILES string of the molecule is CC1(N)CCCCC1C(=O)N1CC2CCCCC2C1.Cl. The van der Waals surface area contributed by atoms with Crippen LogP contribution in [-0.4, -0.2) is 29.4 Å². The number of carbonyl (C=O) groups is 1. The third kappa shape index (κ3) is 2.99. The van der Waals surface area contributed by atoms with Gasteiger partial charge in [0.25, 0.3) is 0 Å². The Bertz CT molecular complexity index is 344. The number of amides is 1. The number of fused-ring (bicyclic) bond motifs is 1. The van der Waals surface area contributed by atoms with Gasteiger partial charge in [-0.25, -0.2) is 0 Å². The second-order valence-electron chi connectivity index (χ2n) is 7.35. The third-order valence-electron chi connectivity index (χ3n) is 5.84. The molecule has 0 aromatic heterocycles. The molecule has 0 spiro atoms. The van der Waals surface area contributed by atoms with Crippen LogP contribution in [0, 0.1) is 17.8 Å². The summed E-state index contributed by atoms with van der Waals surface area (Å²) < 4.78 is 0. The van der Waals surface area contributed by atoms with Crippen molar-refractivity contribution in [3.63, 3.8) is 0 Å². The fourth-order valence-electron chi connectivity index (χ4n) is 4.57. The molecule has 116 valence electrons. The minimum atomic E-state index is -0.275. The molecule has 0 radical (unpaired) electrons. The van der Waals surface area contributed by atoms with Gasteiger partial charge in [-0.2, -0.15) is 0 Å². The van der Waals surface area contributed by atoms with E-state index in [1.165, 1.54) is 38.5 Å². The average Bonchev–Trinajstić information content (AvgIpc) is 2.81. The summed E-state index contributed by atoms with van der Waals surface area (Å²) in [4.78, 5) is 15.0. The molecule has 3 nitrogen and oxygen atoms in total. The molecule has 1 heterocycles. The van der Waals surface area contributed by atoms with Crippen LogP contribution in [0.3, 0.4) is 0 Å². The number of hydrogen-bond acceptors (Lipinski definition) is 2. The van der Waals surface area contributed by atoms with E-state index in [-0.39, 0.29) is 23.9 Å². The Morgan fingerprint density at radius 2 is 1.60 bits per heavy atom. The highest BCUT2D eigenvalue weighted by atomic mass is 35.5. The molecule has 3 rings (SSSR count). The van der Waals surface area contributed by atoms with Crippen molar-refractivity contribution in [2.45, 2.75) is 63.8 Å². The largest absolute Gasteiger partial charge is 0.342 e. The quantitative estimate of drug-likeness (QED) is 0.809. The van der Waals surface area contributed by atoms with Crippen LogP contribution < -0.4 is 5.73 Å². The second kappa shape index (κ2) is 6.23. The first kappa shape index (κ1) is 16.1. The fourth-order valence-corrected chi connectivity index (χ4v) is 4.57. The van der Waals surface area contributed by atoms with Crippen LogP contribution in [0.2, 0.25) is 0 Å².